The molecule has 0 fully saturated rings. The SMILES string of the molecule is CCCCCCCCCCCCNc1cccc(Cl)c1Br. The van der Waals surface area contributed by atoms with Gasteiger partial charge in [-0.2, -0.15) is 0 Å². The minimum atomic E-state index is 0.767. The van der Waals surface area contributed by atoms with Gasteiger partial charge < -0.3 is 5.32 Å². The Kier molecular flexibility index (Phi) is 11.1. The van der Waals surface area contributed by atoms with Crippen LogP contribution in [0.1, 0.15) is 71.1 Å². The molecule has 0 bridgehead atoms. The molecule has 0 saturated carbocycles. The summed E-state index contributed by atoms with van der Waals surface area (Å²) in [4.78, 5) is 0. The first-order valence-corrected chi connectivity index (χ1v) is 9.60. The van der Waals surface area contributed by atoms with E-state index in [0.717, 1.165) is 21.7 Å². The van der Waals surface area contributed by atoms with E-state index in [2.05, 4.69) is 34.2 Å². The Labute approximate surface area is 144 Å². The Morgan fingerprint density at radius 3 is 2.10 bits per heavy atom. The van der Waals surface area contributed by atoms with Crippen LogP contribution in [0.5, 0.6) is 0 Å². The van der Waals surface area contributed by atoms with Gasteiger partial charge in [0.25, 0.3) is 0 Å². The van der Waals surface area contributed by atoms with Crippen LogP contribution in [0.2, 0.25) is 5.02 Å². The lowest BCUT2D eigenvalue weighted by molar-refractivity contribution is 0.560. The quantitative estimate of drug-likeness (QED) is 0.375. The molecule has 0 spiro atoms. The van der Waals surface area contributed by atoms with Crippen molar-refractivity contribution in [2.75, 3.05) is 11.9 Å². The highest BCUT2D eigenvalue weighted by Gasteiger charge is 2.02. The van der Waals surface area contributed by atoms with Gasteiger partial charge in [-0.25, -0.2) is 0 Å². The van der Waals surface area contributed by atoms with E-state index in [0.29, 0.717) is 0 Å². The summed E-state index contributed by atoms with van der Waals surface area (Å²) >= 11 is 9.58. The Morgan fingerprint density at radius 1 is 0.905 bits per heavy atom. The molecule has 120 valence electrons. The lowest BCUT2D eigenvalue weighted by Crippen LogP contribution is -2.02. The van der Waals surface area contributed by atoms with Gasteiger partial charge in [-0.15, -0.1) is 0 Å². The molecule has 0 radical (unpaired) electrons. The van der Waals surface area contributed by atoms with Crippen LogP contribution in [0.15, 0.2) is 22.7 Å². The van der Waals surface area contributed by atoms with Crippen LogP contribution < -0.4 is 5.32 Å². The highest BCUT2D eigenvalue weighted by atomic mass is 79.9. The molecule has 1 rings (SSSR count). The third kappa shape index (κ3) is 8.73. The van der Waals surface area contributed by atoms with Gasteiger partial charge in [0.1, 0.15) is 0 Å². The highest BCUT2D eigenvalue weighted by Crippen LogP contribution is 2.29. The summed E-state index contributed by atoms with van der Waals surface area (Å²) in [6, 6.07) is 5.94. The monoisotopic (exact) mass is 373 g/mol. The van der Waals surface area contributed by atoms with Crippen LogP contribution in [0.25, 0.3) is 0 Å². The highest BCUT2D eigenvalue weighted by molar-refractivity contribution is 9.10. The van der Waals surface area contributed by atoms with Gasteiger partial charge in [-0.3, -0.25) is 0 Å². The third-order valence-electron chi connectivity index (χ3n) is 3.80. The molecule has 0 amide bonds. The largest absolute Gasteiger partial charge is 0.384 e. The second-order valence-corrected chi connectivity index (χ2v) is 6.91. The Bertz CT molecular complexity index is 381. The zero-order valence-electron chi connectivity index (χ0n) is 13.3. The zero-order chi connectivity index (χ0) is 15.3. The smallest absolute Gasteiger partial charge is 0.0593 e. The van der Waals surface area contributed by atoms with Crippen molar-refractivity contribution in [3.05, 3.63) is 27.7 Å². The van der Waals surface area contributed by atoms with Crippen molar-refractivity contribution in [3.8, 4) is 0 Å². The van der Waals surface area contributed by atoms with Crippen molar-refractivity contribution in [2.45, 2.75) is 71.1 Å². The predicted molar refractivity (Wildman–Crippen MR) is 99.5 cm³/mol. The predicted octanol–water partition coefficient (Wildman–Crippen LogP) is 7.44. The molecule has 3 heteroatoms. The van der Waals surface area contributed by atoms with E-state index in [1.54, 1.807) is 0 Å². The normalized spacial score (nSPS) is 10.8. The summed E-state index contributed by atoms with van der Waals surface area (Å²) in [7, 11) is 0. The van der Waals surface area contributed by atoms with Gasteiger partial charge in [-0.1, -0.05) is 82.4 Å². The van der Waals surface area contributed by atoms with Crippen molar-refractivity contribution in [1.82, 2.24) is 0 Å². The number of hydrogen-bond acceptors (Lipinski definition) is 1. The average molecular weight is 375 g/mol. The van der Waals surface area contributed by atoms with Gasteiger partial charge in [0.2, 0.25) is 0 Å². The van der Waals surface area contributed by atoms with Crippen LogP contribution in [0.4, 0.5) is 5.69 Å². The Balaban J connectivity index is 1.94. The Morgan fingerprint density at radius 2 is 1.48 bits per heavy atom. The van der Waals surface area contributed by atoms with Gasteiger partial charge in [-0.05, 0) is 34.5 Å². The maximum atomic E-state index is 6.07. The lowest BCUT2D eigenvalue weighted by Gasteiger charge is -2.09. The van der Waals surface area contributed by atoms with Gasteiger partial charge >= 0.3 is 0 Å². The molecular weight excluding hydrogens is 346 g/mol. The number of nitrogens with one attached hydrogen (secondary N) is 1. The minimum absolute atomic E-state index is 0.767. The number of hydrogen-bond donors (Lipinski definition) is 1. The molecule has 21 heavy (non-hydrogen) atoms. The van der Waals surface area contributed by atoms with E-state index in [1.807, 2.05) is 12.1 Å². The molecule has 1 aromatic rings. The molecule has 0 atom stereocenters. The molecule has 0 heterocycles. The summed E-state index contributed by atoms with van der Waals surface area (Å²) in [5.41, 5.74) is 1.10. The number of benzene rings is 1. The van der Waals surface area contributed by atoms with Crippen LogP contribution in [-0.4, -0.2) is 6.54 Å². The van der Waals surface area contributed by atoms with Gasteiger partial charge in [0, 0.05) is 12.2 Å². The fraction of sp³-hybridized carbons (Fsp3) is 0.667. The standard InChI is InChI=1S/C18H29BrClN/c1-2-3-4-5-6-7-8-9-10-11-15-21-17-14-12-13-16(20)18(17)19/h12-14,21H,2-11,15H2,1H3. The van der Waals surface area contributed by atoms with E-state index in [4.69, 9.17) is 11.6 Å². The van der Waals surface area contributed by atoms with Crippen molar-refractivity contribution < 1.29 is 0 Å². The summed E-state index contributed by atoms with van der Waals surface area (Å²) in [5, 5.41) is 4.21. The topological polar surface area (TPSA) is 12.0 Å². The number of anilines is 1. The zero-order valence-corrected chi connectivity index (χ0v) is 15.6. The van der Waals surface area contributed by atoms with Crippen LogP contribution in [0.3, 0.4) is 0 Å². The van der Waals surface area contributed by atoms with E-state index in [9.17, 15) is 0 Å². The van der Waals surface area contributed by atoms with Crippen LogP contribution >= 0.6 is 27.5 Å². The first-order chi connectivity index (χ1) is 10.3. The third-order valence-corrected chi connectivity index (χ3v) is 5.19. The maximum Gasteiger partial charge on any atom is 0.0593 e. The van der Waals surface area contributed by atoms with E-state index < -0.39 is 0 Å². The first kappa shape index (κ1) is 18.8. The summed E-state index contributed by atoms with van der Waals surface area (Å²) in [6.45, 7) is 3.30. The molecule has 0 aromatic heterocycles. The molecule has 0 unspecified atom stereocenters. The minimum Gasteiger partial charge on any atom is -0.384 e. The number of halogens is 2. The van der Waals surface area contributed by atoms with Gasteiger partial charge in [0.15, 0.2) is 0 Å². The summed E-state index contributed by atoms with van der Waals surface area (Å²) in [6.07, 6.45) is 13.8. The van der Waals surface area contributed by atoms with E-state index in [-0.39, 0.29) is 0 Å². The molecule has 0 aliphatic carbocycles. The molecular formula is C18H29BrClN. The summed E-state index contributed by atoms with van der Waals surface area (Å²) < 4.78 is 0.971. The van der Waals surface area contributed by atoms with Crippen LogP contribution in [-0.2, 0) is 0 Å². The van der Waals surface area contributed by atoms with Crippen molar-refractivity contribution in [2.24, 2.45) is 0 Å². The molecule has 0 saturated heterocycles. The summed E-state index contributed by atoms with van der Waals surface area (Å²) in [5.74, 6) is 0. The van der Waals surface area contributed by atoms with E-state index >= 15 is 0 Å². The van der Waals surface area contributed by atoms with Crippen molar-refractivity contribution in [3.63, 3.8) is 0 Å². The fourth-order valence-corrected chi connectivity index (χ4v) is 3.05. The number of rotatable bonds is 12. The molecule has 0 aliphatic heterocycles. The molecule has 1 aromatic carbocycles. The molecule has 0 aliphatic rings. The van der Waals surface area contributed by atoms with Crippen molar-refractivity contribution in [1.29, 1.82) is 0 Å². The second-order valence-electron chi connectivity index (χ2n) is 5.71. The fourth-order valence-electron chi connectivity index (χ4n) is 2.48. The van der Waals surface area contributed by atoms with Crippen molar-refractivity contribution >= 4 is 33.2 Å². The molecule has 1 N–H and O–H groups in total. The lowest BCUT2D eigenvalue weighted by atomic mass is 10.1. The molecule has 1 nitrogen and oxygen atoms in total. The number of unbranched alkanes of at least 4 members (excludes halogenated alkanes) is 9. The van der Waals surface area contributed by atoms with Crippen LogP contribution in [0, 0.1) is 0 Å². The Hall–Kier alpha value is -0.210. The maximum absolute atomic E-state index is 6.07. The first-order valence-electron chi connectivity index (χ1n) is 8.43. The average Bonchev–Trinajstić information content (AvgIpc) is 2.49. The van der Waals surface area contributed by atoms with Gasteiger partial charge in [0.05, 0.1) is 9.50 Å². The second kappa shape index (κ2) is 12.3. The van der Waals surface area contributed by atoms with E-state index in [1.165, 1.54) is 64.2 Å².